The van der Waals surface area contributed by atoms with Crippen molar-refractivity contribution in [2.24, 2.45) is 0 Å². The maximum absolute atomic E-state index is 11.6. The van der Waals surface area contributed by atoms with Gasteiger partial charge >= 0.3 is 0 Å². The second kappa shape index (κ2) is 8.67. The van der Waals surface area contributed by atoms with E-state index < -0.39 is 0 Å². The van der Waals surface area contributed by atoms with Gasteiger partial charge in [0, 0.05) is 25.7 Å². The number of carbonyl (C=O) groups is 1. The number of benzene rings is 1. The van der Waals surface area contributed by atoms with Crippen molar-refractivity contribution in [3.63, 3.8) is 0 Å². The first-order valence-electron chi connectivity index (χ1n) is 7.62. The minimum atomic E-state index is 0.0841. The molecule has 0 bridgehead atoms. The Morgan fingerprint density at radius 1 is 1.38 bits per heavy atom. The lowest BCUT2D eigenvalue weighted by Crippen LogP contribution is -2.24. The second-order valence-corrected chi connectivity index (χ2v) is 5.60. The molecule has 0 spiro atoms. The molecule has 1 aromatic carbocycles. The van der Waals surface area contributed by atoms with Crippen LogP contribution in [0.4, 0.5) is 0 Å². The van der Waals surface area contributed by atoms with Gasteiger partial charge in [0.1, 0.15) is 5.75 Å². The molecule has 1 amide bonds. The van der Waals surface area contributed by atoms with E-state index in [1.54, 1.807) is 19.0 Å². The number of amides is 1. The first kappa shape index (κ1) is 17.5. The van der Waals surface area contributed by atoms with Gasteiger partial charge < -0.3 is 15.0 Å². The summed E-state index contributed by atoms with van der Waals surface area (Å²) in [6.45, 7) is 7.76. The van der Waals surface area contributed by atoms with Gasteiger partial charge in [-0.25, -0.2) is 0 Å². The van der Waals surface area contributed by atoms with E-state index in [-0.39, 0.29) is 11.9 Å². The molecule has 0 aliphatic carbocycles. The Kier molecular flexibility index (Phi) is 7.23. The molecule has 1 aromatic rings. The molecular formula is C17H28N2O2. The van der Waals surface area contributed by atoms with Crippen molar-refractivity contribution in [3.05, 3.63) is 29.3 Å². The Hall–Kier alpha value is -1.55. The number of hydrogen-bond donors (Lipinski definition) is 1. The summed E-state index contributed by atoms with van der Waals surface area (Å²) >= 11 is 0. The molecule has 21 heavy (non-hydrogen) atoms. The summed E-state index contributed by atoms with van der Waals surface area (Å²) in [5.74, 6) is 0.948. The standard InChI is InChI=1S/C17H28N2O2/c1-6-10-18-14(3)15-12-13(2)7-8-16(15)21-11-9-17(20)19(4)5/h7-8,12,14,18H,6,9-11H2,1-5H3. The number of nitrogens with one attached hydrogen (secondary N) is 1. The van der Waals surface area contributed by atoms with Crippen LogP contribution in [0.25, 0.3) is 0 Å². The molecule has 0 aromatic heterocycles. The highest BCUT2D eigenvalue weighted by molar-refractivity contribution is 5.75. The number of ether oxygens (including phenoxy) is 1. The topological polar surface area (TPSA) is 41.6 Å². The van der Waals surface area contributed by atoms with Crippen LogP contribution in [0.15, 0.2) is 18.2 Å². The zero-order chi connectivity index (χ0) is 15.8. The number of nitrogens with zero attached hydrogens (tertiary/aromatic N) is 1. The molecule has 4 nitrogen and oxygen atoms in total. The highest BCUT2D eigenvalue weighted by atomic mass is 16.5. The molecule has 0 aliphatic heterocycles. The van der Waals surface area contributed by atoms with E-state index in [9.17, 15) is 4.79 Å². The van der Waals surface area contributed by atoms with Crippen LogP contribution < -0.4 is 10.1 Å². The molecule has 1 atom stereocenters. The second-order valence-electron chi connectivity index (χ2n) is 5.60. The smallest absolute Gasteiger partial charge is 0.225 e. The normalized spacial score (nSPS) is 12.0. The third-order valence-electron chi connectivity index (χ3n) is 3.40. The highest BCUT2D eigenvalue weighted by Crippen LogP contribution is 2.26. The van der Waals surface area contributed by atoms with Gasteiger partial charge in [-0.1, -0.05) is 24.6 Å². The van der Waals surface area contributed by atoms with Crippen molar-refractivity contribution in [3.8, 4) is 5.75 Å². The van der Waals surface area contributed by atoms with E-state index >= 15 is 0 Å². The van der Waals surface area contributed by atoms with Gasteiger partial charge in [-0.15, -0.1) is 0 Å². The van der Waals surface area contributed by atoms with Gasteiger partial charge in [-0.2, -0.15) is 0 Å². The molecule has 0 heterocycles. The van der Waals surface area contributed by atoms with Crippen LogP contribution in [-0.4, -0.2) is 38.1 Å². The Morgan fingerprint density at radius 3 is 2.71 bits per heavy atom. The Balaban J connectivity index is 2.70. The highest BCUT2D eigenvalue weighted by Gasteiger charge is 2.12. The maximum atomic E-state index is 11.6. The van der Waals surface area contributed by atoms with E-state index in [4.69, 9.17) is 4.74 Å². The van der Waals surface area contributed by atoms with Gasteiger partial charge in [-0.05, 0) is 32.9 Å². The lowest BCUT2D eigenvalue weighted by molar-refractivity contribution is -0.129. The summed E-state index contributed by atoms with van der Waals surface area (Å²) in [4.78, 5) is 13.2. The molecule has 0 fully saturated rings. The van der Waals surface area contributed by atoms with E-state index in [0.29, 0.717) is 13.0 Å². The predicted octanol–water partition coefficient (Wildman–Crippen LogP) is 2.91. The predicted molar refractivity (Wildman–Crippen MR) is 86.7 cm³/mol. The fourth-order valence-corrected chi connectivity index (χ4v) is 2.08. The van der Waals surface area contributed by atoms with Crippen LogP contribution in [0.3, 0.4) is 0 Å². The number of carbonyl (C=O) groups excluding carboxylic acids is 1. The monoisotopic (exact) mass is 292 g/mol. The average Bonchev–Trinajstić information content (AvgIpc) is 2.45. The van der Waals surface area contributed by atoms with Gasteiger partial charge in [0.15, 0.2) is 0 Å². The van der Waals surface area contributed by atoms with Crippen LogP contribution in [0.2, 0.25) is 0 Å². The lowest BCUT2D eigenvalue weighted by Gasteiger charge is -2.19. The molecule has 1 N–H and O–H groups in total. The van der Waals surface area contributed by atoms with Crippen molar-refractivity contribution in [2.75, 3.05) is 27.2 Å². The van der Waals surface area contributed by atoms with Crippen LogP contribution in [0.1, 0.15) is 43.9 Å². The molecule has 4 heteroatoms. The number of rotatable bonds is 8. The van der Waals surface area contributed by atoms with Crippen molar-refractivity contribution in [1.29, 1.82) is 0 Å². The SMILES string of the molecule is CCCNC(C)c1cc(C)ccc1OCCC(=O)N(C)C. The lowest BCUT2D eigenvalue weighted by atomic mass is 10.0. The molecule has 1 rings (SSSR count). The van der Waals surface area contributed by atoms with Crippen LogP contribution in [0.5, 0.6) is 5.75 Å². The van der Waals surface area contributed by atoms with Crippen molar-refractivity contribution < 1.29 is 9.53 Å². The fourth-order valence-electron chi connectivity index (χ4n) is 2.08. The van der Waals surface area contributed by atoms with Crippen LogP contribution in [0, 0.1) is 6.92 Å². The largest absolute Gasteiger partial charge is 0.493 e. The summed E-state index contributed by atoms with van der Waals surface area (Å²) in [7, 11) is 3.52. The third-order valence-corrected chi connectivity index (χ3v) is 3.40. The molecule has 0 aliphatic rings. The summed E-state index contributed by atoms with van der Waals surface area (Å²) in [6.07, 6.45) is 1.50. The van der Waals surface area contributed by atoms with E-state index in [1.165, 1.54) is 5.56 Å². The van der Waals surface area contributed by atoms with Crippen molar-refractivity contribution >= 4 is 5.91 Å². The summed E-state index contributed by atoms with van der Waals surface area (Å²) < 4.78 is 5.83. The first-order chi connectivity index (χ1) is 9.95. The van der Waals surface area contributed by atoms with Gasteiger partial charge in [0.2, 0.25) is 5.91 Å². The van der Waals surface area contributed by atoms with Gasteiger partial charge in [0.05, 0.1) is 13.0 Å². The molecule has 0 radical (unpaired) electrons. The third kappa shape index (κ3) is 5.76. The summed E-state index contributed by atoms with van der Waals surface area (Å²) in [5, 5.41) is 3.48. The summed E-state index contributed by atoms with van der Waals surface area (Å²) in [6, 6.07) is 6.43. The molecule has 118 valence electrons. The summed E-state index contributed by atoms with van der Waals surface area (Å²) in [5.41, 5.74) is 2.37. The van der Waals surface area contributed by atoms with E-state index in [2.05, 4.69) is 32.2 Å². The molecular weight excluding hydrogens is 264 g/mol. The van der Waals surface area contributed by atoms with E-state index in [0.717, 1.165) is 24.3 Å². The number of hydrogen-bond acceptors (Lipinski definition) is 3. The minimum absolute atomic E-state index is 0.0841. The van der Waals surface area contributed by atoms with Gasteiger partial charge in [0.25, 0.3) is 0 Å². The van der Waals surface area contributed by atoms with E-state index in [1.807, 2.05) is 12.1 Å². The minimum Gasteiger partial charge on any atom is -0.493 e. The Labute approximate surface area is 128 Å². The zero-order valence-electron chi connectivity index (χ0n) is 13.9. The zero-order valence-corrected chi connectivity index (χ0v) is 13.9. The Bertz CT molecular complexity index is 458. The quantitative estimate of drug-likeness (QED) is 0.801. The molecule has 1 unspecified atom stereocenters. The van der Waals surface area contributed by atoms with Gasteiger partial charge in [-0.3, -0.25) is 4.79 Å². The molecule has 0 saturated heterocycles. The maximum Gasteiger partial charge on any atom is 0.225 e. The Morgan fingerprint density at radius 2 is 2.10 bits per heavy atom. The average molecular weight is 292 g/mol. The number of aryl methyl sites for hydroxylation is 1. The van der Waals surface area contributed by atoms with Crippen molar-refractivity contribution in [1.82, 2.24) is 10.2 Å². The van der Waals surface area contributed by atoms with Crippen molar-refractivity contribution in [2.45, 2.75) is 39.7 Å². The fraction of sp³-hybridized carbons (Fsp3) is 0.588. The molecule has 0 saturated carbocycles. The first-order valence-corrected chi connectivity index (χ1v) is 7.62. The van der Waals surface area contributed by atoms with Crippen LogP contribution >= 0.6 is 0 Å². The van der Waals surface area contributed by atoms with Crippen LogP contribution in [-0.2, 0) is 4.79 Å².